The fraction of sp³-hybridized carbons (Fsp3) is 0.353. The molecule has 4 nitrogen and oxygen atoms in total. The molecule has 114 valence electrons. The zero-order valence-electron chi connectivity index (χ0n) is 12.6. The second kappa shape index (κ2) is 6.92. The van der Waals surface area contributed by atoms with Gasteiger partial charge < -0.3 is 5.32 Å². The molecule has 5 heteroatoms. The molecule has 0 aliphatic heterocycles. The Balaban J connectivity index is 1.73. The molecule has 1 fully saturated rings. The molecule has 1 aliphatic carbocycles. The number of nitrogens with one attached hydrogen (secondary N) is 1. The third-order valence-electron chi connectivity index (χ3n) is 3.83. The molecular formula is C17H19N3OS. The first-order valence-electron chi connectivity index (χ1n) is 7.64. The summed E-state index contributed by atoms with van der Waals surface area (Å²) in [6.07, 6.45) is 3.18. The maximum Gasteiger partial charge on any atom is 0.227 e. The van der Waals surface area contributed by atoms with Crippen molar-refractivity contribution in [2.24, 2.45) is 5.92 Å². The van der Waals surface area contributed by atoms with Crippen LogP contribution in [-0.2, 0) is 4.79 Å². The van der Waals surface area contributed by atoms with Crippen LogP contribution >= 0.6 is 11.8 Å². The van der Waals surface area contributed by atoms with Crippen LogP contribution in [0.5, 0.6) is 0 Å². The predicted octanol–water partition coefficient (Wildman–Crippen LogP) is 3.99. The topological polar surface area (TPSA) is 54.9 Å². The van der Waals surface area contributed by atoms with Crippen molar-refractivity contribution in [3.8, 4) is 11.3 Å². The van der Waals surface area contributed by atoms with Gasteiger partial charge in [-0.15, -0.1) is 22.0 Å². The van der Waals surface area contributed by atoms with E-state index in [2.05, 4.69) is 22.4 Å². The summed E-state index contributed by atoms with van der Waals surface area (Å²) >= 11 is 1.67. The van der Waals surface area contributed by atoms with E-state index in [0.717, 1.165) is 47.0 Å². The Labute approximate surface area is 134 Å². The van der Waals surface area contributed by atoms with Crippen molar-refractivity contribution in [3.63, 3.8) is 0 Å². The summed E-state index contributed by atoms with van der Waals surface area (Å²) in [6.45, 7) is 2.09. The molecule has 1 aromatic carbocycles. The lowest BCUT2D eigenvalue weighted by Gasteiger charge is -2.24. The molecule has 22 heavy (non-hydrogen) atoms. The van der Waals surface area contributed by atoms with Gasteiger partial charge in [-0.05, 0) is 42.9 Å². The minimum absolute atomic E-state index is 0.129. The Morgan fingerprint density at radius 2 is 2.14 bits per heavy atom. The summed E-state index contributed by atoms with van der Waals surface area (Å²) in [5.41, 5.74) is 2.61. The van der Waals surface area contributed by atoms with Crippen LogP contribution in [0.25, 0.3) is 11.3 Å². The second-order valence-electron chi connectivity index (χ2n) is 5.39. The maximum atomic E-state index is 12.0. The minimum Gasteiger partial charge on any atom is -0.326 e. The molecule has 1 heterocycles. The van der Waals surface area contributed by atoms with E-state index in [0.29, 0.717) is 0 Å². The molecule has 0 bridgehead atoms. The summed E-state index contributed by atoms with van der Waals surface area (Å²) in [5, 5.41) is 12.4. The number of anilines is 1. The van der Waals surface area contributed by atoms with Gasteiger partial charge in [-0.1, -0.05) is 25.5 Å². The van der Waals surface area contributed by atoms with Crippen molar-refractivity contribution < 1.29 is 4.79 Å². The van der Waals surface area contributed by atoms with Crippen LogP contribution in [0.15, 0.2) is 41.4 Å². The average molecular weight is 313 g/mol. The molecule has 1 saturated carbocycles. The summed E-state index contributed by atoms with van der Waals surface area (Å²) in [5.74, 6) is 1.30. The Hall–Kier alpha value is -1.88. The number of rotatable bonds is 5. The van der Waals surface area contributed by atoms with E-state index in [1.54, 1.807) is 11.8 Å². The van der Waals surface area contributed by atoms with E-state index < -0.39 is 0 Å². The Morgan fingerprint density at radius 3 is 2.77 bits per heavy atom. The highest BCUT2D eigenvalue weighted by atomic mass is 32.2. The highest BCUT2D eigenvalue weighted by Crippen LogP contribution is 2.28. The van der Waals surface area contributed by atoms with Gasteiger partial charge in [-0.2, -0.15) is 0 Å². The quantitative estimate of drug-likeness (QED) is 0.848. The number of carbonyl (C=O) groups is 1. The molecule has 2 aromatic rings. The van der Waals surface area contributed by atoms with Crippen LogP contribution in [0.4, 0.5) is 5.69 Å². The molecular weight excluding hydrogens is 294 g/mol. The third kappa shape index (κ3) is 3.47. The van der Waals surface area contributed by atoms with E-state index in [4.69, 9.17) is 0 Å². The number of amides is 1. The summed E-state index contributed by atoms with van der Waals surface area (Å²) in [4.78, 5) is 12.0. The molecule has 0 atom stereocenters. The highest BCUT2D eigenvalue weighted by molar-refractivity contribution is 7.99. The van der Waals surface area contributed by atoms with Gasteiger partial charge in [-0.3, -0.25) is 4.79 Å². The van der Waals surface area contributed by atoms with Crippen molar-refractivity contribution in [2.75, 3.05) is 11.1 Å². The van der Waals surface area contributed by atoms with E-state index in [1.807, 2.05) is 36.4 Å². The monoisotopic (exact) mass is 313 g/mol. The normalized spacial score (nSPS) is 14.4. The van der Waals surface area contributed by atoms with E-state index in [-0.39, 0.29) is 11.8 Å². The summed E-state index contributed by atoms with van der Waals surface area (Å²) < 4.78 is 0. The number of carbonyl (C=O) groups excluding carboxylic acids is 1. The highest BCUT2D eigenvalue weighted by Gasteiger charge is 2.25. The van der Waals surface area contributed by atoms with Crippen LogP contribution in [0.1, 0.15) is 26.2 Å². The first kappa shape index (κ1) is 15.0. The number of hydrogen-bond donors (Lipinski definition) is 1. The van der Waals surface area contributed by atoms with Gasteiger partial charge in [0, 0.05) is 17.2 Å². The number of thioether (sulfide) groups is 1. The molecule has 1 aliphatic rings. The van der Waals surface area contributed by atoms with Gasteiger partial charge in [-0.25, -0.2) is 0 Å². The SMILES string of the molecule is CCSc1ccc(-c2cccc(NC(=O)C3CCC3)c2)nn1. The lowest BCUT2D eigenvalue weighted by Crippen LogP contribution is -2.27. The maximum absolute atomic E-state index is 12.0. The van der Waals surface area contributed by atoms with Gasteiger partial charge in [0.1, 0.15) is 5.03 Å². The van der Waals surface area contributed by atoms with Gasteiger partial charge in [0.25, 0.3) is 0 Å². The van der Waals surface area contributed by atoms with E-state index in [1.165, 1.54) is 0 Å². The average Bonchev–Trinajstić information content (AvgIpc) is 2.47. The van der Waals surface area contributed by atoms with Crippen LogP contribution in [-0.4, -0.2) is 21.9 Å². The summed E-state index contributed by atoms with van der Waals surface area (Å²) in [6, 6.07) is 11.7. The van der Waals surface area contributed by atoms with Crippen molar-refractivity contribution in [1.29, 1.82) is 0 Å². The number of hydrogen-bond acceptors (Lipinski definition) is 4. The number of nitrogens with zero attached hydrogens (tertiary/aromatic N) is 2. The fourth-order valence-electron chi connectivity index (χ4n) is 2.37. The molecule has 0 unspecified atom stereocenters. The third-order valence-corrected chi connectivity index (χ3v) is 4.64. The lowest BCUT2D eigenvalue weighted by atomic mass is 9.85. The zero-order chi connectivity index (χ0) is 15.4. The van der Waals surface area contributed by atoms with Crippen molar-refractivity contribution in [1.82, 2.24) is 10.2 Å². The fourth-order valence-corrected chi connectivity index (χ4v) is 2.93. The van der Waals surface area contributed by atoms with Crippen molar-refractivity contribution in [3.05, 3.63) is 36.4 Å². The van der Waals surface area contributed by atoms with Crippen LogP contribution in [0.3, 0.4) is 0 Å². The molecule has 1 N–H and O–H groups in total. The summed E-state index contributed by atoms with van der Waals surface area (Å²) in [7, 11) is 0. The van der Waals surface area contributed by atoms with Gasteiger partial charge in [0.15, 0.2) is 0 Å². The predicted molar refractivity (Wildman–Crippen MR) is 89.8 cm³/mol. The second-order valence-corrected chi connectivity index (χ2v) is 6.67. The first-order chi connectivity index (χ1) is 10.8. The van der Waals surface area contributed by atoms with Crippen LogP contribution < -0.4 is 5.32 Å². The van der Waals surface area contributed by atoms with Gasteiger partial charge in [0.2, 0.25) is 5.91 Å². The van der Waals surface area contributed by atoms with Crippen LogP contribution in [0, 0.1) is 5.92 Å². The lowest BCUT2D eigenvalue weighted by molar-refractivity contribution is -0.122. The molecule has 1 aromatic heterocycles. The smallest absolute Gasteiger partial charge is 0.227 e. The Bertz CT molecular complexity index is 653. The van der Waals surface area contributed by atoms with Crippen molar-refractivity contribution in [2.45, 2.75) is 31.2 Å². The van der Waals surface area contributed by atoms with Gasteiger partial charge >= 0.3 is 0 Å². The first-order valence-corrected chi connectivity index (χ1v) is 8.62. The number of benzene rings is 1. The number of aromatic nitrogens is 2. The van der Waals surface area contributed by atoms with E-state index in [9.17, 15) is 4.79 Å². The Morgan fingerprint density at radius 1 is 1.27 bits per heavy atom. The largest absolute Gasteiger partial charge is 0.326 e. The Kier molecular flexibility index (Phi) is 4.73. The molecule has 0 saturated heterocycles. The molecule has 1 amide bonds. The van der Waals surface area contributed by atoms with Crippen LogP contribution in [0.2, 0.25) is 0 Å². The molecule has 0 radical (unpaired) electrons. The zero-order valence-corrected chi connectivity index (χ0v) is 13.4. The van der Waals surface area contributed by atoms with E-state index >= 15 is 0 Å². The van der Waals surface area contributed by atoms with Crippen molar-refractivity contribution >= 4 is 23.4 Å². The molecule has 3 rings (SSSR count). The minimum atomic E-state index is 0.129. The molecule has 0 spiro atoms. The standard InChI is InChI=1S/C17H19N3OS/c1-2-22-16-10-9-15(19-20-16)13-7-4-8-14(11-13)18-17(21)12-5-3-6-12/h4,7-12H,2-3,5-6H2,1H3,(H,18,21). The van der Waals surface area contributed by atoms with Gasteiger partial charge in [0.05, 0.1) is 5.69 Å².